The molecule has 1 atom stereocenters. The molecule has 1 aliphatic rings. The van der Waals surface area contributed by atoms with Crippen LogP contribution in [0.15, 0.2) is 6.20 Å². The fourth-order valence-corrected chi connectivity index (χ4v) is 3.42. The Morgan fingerprint density at radius 2 is 2.57 bits per heavy atom. The Bertz CT molecular complexity index is 307. The van der Waals surface area contributed by atoms with Crippen LogP contribution < -0.4 is 0 Å². The maximum absolute atomic E-state index is 5.83. The van der Waals surface area contributed by atoms with Crippen LogP contribution in [0.2, 0.25) is 0 Å². The highest BCUT2D eigenvalue weighted by Crippen LogP contribution is 2.32. The second kappa shape index (κ2) is 4.29. The molecule has 2 rings (SSSR count). The number of alkyl halides is 1. The number of aromatic nitrogens is 1. The zero-order valence-corrected chi connectivity index (χ0v) is 10.7. The summed E-state index contributed by atoms with van der Waals surface area (Å²) in [5, 5.41) is 2.07. The Hall–Kier alpha value is 0.0700. The molecule has 2 nitrogen and oxygen atoms in total. The molecule has 0 aromatic carbocycles. The normalized spacial score (nSPS) is 27.0. The van der Waals surface area contributed by atoms with Gasteiger partial charge in [0.15, 0.2) is 0 Å². The zero-order valence-electron chi connectivity index (χ0n) is 8.25. The van der Waals surface area contributed by atoms with Gasteiger partial charge in [-0.25, -0.2) is 4.98 Å². The molecule has 1 unspecified atom stereocenters. The third-order valence-corrected chi connectivity index (χ3v) is 4.53. The van der Waals surface area contributed by atoms with Gasteiger partial charge in [-0.2, -0.15) is 0 Å². The lowest BCUT2D eigenvalue weighted by Crippen LogP contribution is -2.32. The Labute approximate surface area is 96.8 Å². The molecular weight excluding hydrogens is 262 g/mol. The number of halogens is 1. The summed E-state index contributed by atoms with van der Waals surface area (Å²) in [4.78, 5) is 5.61. The topological polar surface area (TPSA) is 22.1 Å². The minimum Gasteiger partial charge on any atom is -0.374 e. The lowest BCUT2D eigenvalue weighted by molar-refractivity contribution is 0.0265. The van der Waals surface area contributed by atoms with E-state index in [-0.39, 0.29) is 5.60 Å². The number of hydrogen-bond donors (Lipinski definition) is 0. The van der Waals surface area contributed by atoms with Crippen molar-refractivity contribution in [1.29, 1.82) is 0 Å². The van der Waals surface area contributed by atoms with Crippen LogP contribution in [0.25, 0.3) is 0 Å². The van der Waals surface area contributed by atoms with Gasteiger partial charge in [-0.1, -0.05) is 15.9 Å². The summed E-state index contributed by atoms with van der Waals surface area (Å²) in [5.74, 6) is 0. The number of rotatable bonds is 3. The maximum Gasteiger partial charge on any atom is 0.0896 e. The molecule has 0 aliphatic carbocycles. The molecule has 0 N–H and O–H groups in total. The molecule has 0 bridgehead atoms. The van der Waals surface area contributed by atoms with Crippen molar-refractivity contribution in [2.75, 3.05) is 11.9 Å². The van der Waals surface area contributed by atoms with E-state index in [0.29, 0.717) is 0 Å². The van der Waals surface area contributed by atoms with Gasteiger partial charge >= 0.3 is 0 Å². The Balaban J connectivity index is 2.08. The summed E-state index contributed by atoms with van der Waals surface area (Å²) >= 11 is 5.33. The first-order valence-corrected chi connectivity index (χ1v) is 6.79. The van der Waals surface area contributed by atoms with Crippen molar-refractivity contribution in [2.24, 2.45) is 0 Å². The Morgan fingerprint density at radius 3 is 3.07 bits per heavy atom. The molecule has 1 fully saturated rings. The van der Waals surface area contributed by atoms with E-state index >= 15 is 0 Å². The largest absolute Gasteiger partial charge is 0.374 e. The molecule has 0 saturated carbocycles. The van der Waals surface area contributed by atoms with E-state index in [4.69, 9.17) is 4.74 Å². The van der Waals surface area contributed by atoms with Gasteiger partial charge in [0, 0.05) is 29.4 Å². The molecule has 1 aromatic rings. The lowest BCUT2D eigenvalue weighted by atomic mass is 9.98. The van der Waals surface area contributed by atoms with Gasteiger partial charge in [0.2, 0.25) is 0 Å². The number of hydrogen-bond acceptors (Lipinski definition) is 3. The van der Waals surface area contributed by atoms with E-state index in [9.17, 15) is 0 Å². The first-order valence-electron chi connectivity index (χ1n) is 4.85. The van der Waals surface area contributed by atoms with E-state index in [1.54, 1.807) is 11.3 Å². The van der Waals surface area contributed by atoms with Gasteiger partial charge in [0.25, 0.3) is 0 Å². The molecule has 0 radical (unpaired) electrons. The van der Waals surface area contributed by atoms with Crippen molar-refractivity contribution < 1.29 is 4.74 Å². The number of aryl methyl sites for hydroxylation is 1. The third-order valence-electron chi connectivity index (χ3n) is 2.59. The van der Waals surface area contributed by atoms with Crippen molar-refractivity contribution in [3.05, 3.63) is 16.1 Å². The highest BCUT2D eigenvalue weighted by Gasteiger charge is 2.34. The molecule has 78 valence electrons. The van der Waals surface area contributed by atoms with Crippen molar-refractivity contribution >= 4 is 27.3 Å². The summed E-state index contributed by atoms with van der Waals surface area (Å²) in [7, 11) is 0. The van der Waals surface area contributed by atoms with Crippen LogP contribution in [0.3, 0.4) is 0 Å². The predicted molar refractivity (Wildman–Crippen MR) is 62.3 cm³/mol. The fourth-order valence-electron chi connectivity index (χ4n) is 1.85. The van der Waals surface area contributed by atoms with Crippen molar-refractivity contribution in [3.8, 4) is 0 Å². The zero-order chi connectivity index (χ0) is 10.0. The summed E-state index contributed by atoms with van der Waals surface area (Å²) in [6, 6.07) is 0. The standard InChI is InChI=1S/C10H14BrNOS/c1-8-12-6-9(14-8)5-10(7-11)3-2-4-13-10/h6H,2-5,7H2,1H3. The van der Waals surface area contributed by atoms with Gasteiger partial charge in [-0.05, 0) is 19.8 Å². The van der Waals surface area contributed by atoms with Crippen LogP contribution in [-0.2, 0) is 11.2 Å². The van der Waals surface area contributed by atoms with E-state index in [2.05, 4.69) is 20.9 Å². The molecule has 2 heterocycles. The van der Waals surface area contributed by atoms with Crippen molar-refractivity contribution in [1.82, 2.24) is 4.98 Å². The Kier molecular flexibility index (Phi) is 3.24. The highest BCUT2D eigenvalue weighted by molar-refractivity contribution is 9.09. The molecule has 0 spiro atoms. The molecule has 1 aliphatic heterocycles. The molecular formula is C10H14BrNOS. The maximum atomic E-state index is 5.83. The van der Waals surface area contributed by atoms with Gasteiger partial charge in [-0.15, -0.1) is 11.3 Å². The predicted octanol–water partition coefficient (Wildman–Crippen LogP) is 2.94. The monoisotopic (exact) mass is 275 g/mol. The van der Waals surface area contributed by atoms with Crippen molar-refractivity contribution in [3.63, 3.8) is 0 Å². The Morgan fingerprint density at radius 1 is 1.71 bits per heavy atom. The number of thiazole rings is 1. The van der Waals surface area contributed by atoms with Gasteiger partial charge in [-0.3, -0.25) is 0 Å². The minimum absolute atomic E-state index is 0.0406. The van der Waals surface area contributed by atoms with E-state index in [1.165, 1.54) is 11.3 Å². The quantitative estimate of drug-likeness (QED) is 0.792. The first kappa shape index (κ1) is 10.6. The average molecular weight is 276 g/mol. The van der Waals surface area contributed by atoms with Crippen LogP contribution in [0, 0.1) is 6.92 Å². The third kappa shape index (κ3) is 2.18. The molecule has 0 amide bonds. The minimum atomic E-state index is 0.0406. The lowest BCUT2D eigenvalue weighted by Gasteiger charge is -2.24. The molecule has 4 heteroatoms. The SMILES string of the molecule is Cc1ncc(CC2(CBr)CCCO2)s1. The van der Waals surface area contributed by atoms with Crippen LogP contribution in [0.5, 0.6) is 0 Å². The van der Waals surface area contributed by atoms with E-state index in [0.717, 1.165) is 29.8 Å². The van der Waals surface area contributed by atoms with Crippen molar-refractivity contribution in [2.45, 2.75) is 31.8 Å². The summed E-state index contributed by atoms with van der Waals surface area (Å²) in [6.45, 7) is 2.95. The fraction of sp³-hybridized carbons (Fsp3) is 0.700. The molecule has 14 heavy (non-hydrogen) atoms. The van der Waals surface area contributed by atoms with E-state index < -0.39 is 0 Å². The van der Waals surface area contributed by atoms with Gasteiger partial charge in [0.1, 0.15) is 0 Å². The highest BCUT2D eigenvalue weighted by atomic mass is 79.9. The van der Waals surface area contributed by atoms with E-state index in [1.807, 2.05) is 13.1 Å². The summed E-state index contributed by atoms with van der Waals surface area (Å²) in [5.41, 5.74) is 0.0406. The number of nitrogens with zero attached hydrogens (tertiary/aromatic N) is 1. The smallest absolute Gasteiger partial charge is 0.0896 e. The van der Waals surface area contributed by atoms with Crippen LogP contribution in [-0.4, -0.2) is 22.5 Å². The molecule has 1 saturated heterocycles. The van der Waals surface area contributed by atoms with Crippen LogP contribution in [0.4, 0.5) is 0 Å². The second-order valence-electron chi connectivity index (χ2n) is 3.79. The average Bonchev–Trinajstić information content (AvgIpc) is 2.77. The summed E-state index contributed by atoms with van der Waals surface area (Å²) in [6.07, 6.45) is 5.33. The van der Waals surface area contributed by atoms with Crippen LogP contribution in [0.1, 0.15) is 22.7 Å². The van der Waals surface area contributed by atoms with Gasteiger partial charge < -0.3 is 4.74 Å². The molecule has 1 aromatic heterocycles. The first-order chi connectivity index (χ1) is 6.74. The van der Waals surface area contributed by atoms with Crippen LogP contribution >= 0.6 is 27.3 Å². The number of ether oxygens (including phenoxy) is 1. The second-order valence-corrected chi connectivity index (χ2v) is 5.67. The summed E-state index contributed by atoms with van der Waals surface area (Å²) < 4.78 is 5.83. The van der Waals surface area contributed by atoms with Gasteiger partial charge in [0.05, 0.1) is 10.6 Å².